The third-order valence-corrected chi connectivity index (χ3v) is 3.45. The molecule has 0 saturated heterocycles. The Hall–Kier alpha value is -1.85. The Labute approximate surface area is 107 Å². The topological polar surface area (TPSA) is 44.4 Å². The van der Waals surface area contributed by atoms with Crippen LogP contribution in [0.1, 0.15) is 12.8 Å². The molecule has 1 aromatic carbocycles. The Kier molecular flexibility index (Phi) is 2.62. The molecule has 19 heavy (non-hydrogen) atoms. The second-order valence-corrected chi connectivity index (χ2v) is 4.95. The smallest absolute Gasteiger partial charge is 0.290 e. The molecule has 1 fully saturated rings. The van der Waals surface area contributed by atoms with E-state index in [4.69, 9.17) is 9.26 Å². The number of alkyl halides is 2. The van der Waals surface area contributed by atoms with E-state index in [0.717, 1.165) is 4.74 Å². The van der Waals surface area contributed by atoms with E-state index in [1.54, 1.807) is 18.2 Å². The zero-order valence-corrected chi connectivity index (χ0v) is 10.4. The fourth-order valence-electron chi connectivity index (χ4n) is 2.45. The molecule has 0 atom stereocenters. The van der Waals surface area contributed by atoms with Crippen molar-refractivity contribution in [1.82, 2.24) is 4.74 Å². The minimum atomic E-state index is -2.58. The third-order valence-electron chi connectivity index (χ3n) is 3.45. The van der Waals surface area contributed by atoms with E-state index in [-0.39, 0.29) is 30.9 Å². The molecule has 0 bridgehead atoms. The first-order valence-electron chi connectivity index (χ1n) is 6.04. The Morgan fingerprint density at radius 2 is 2.21 bits per heavy atom. The van der Waals surface area contributed by atoms with E-state index >= 15 is 0 Å². The standard InChI is InChI=1S/C13H13F2NO3/c1-18-9-2-3-10-11(4-9)19-16(12(10)17)7-8-5-13(14,15)6-8/h2-4,8H,5-7H2,1H3. The molecule has 4 nitrogen and oxygen atoms in total. The van der Waals surface area contributed by atoms with Gasteiger partial charge < -0.3 is 9.26 Å². The lowest BCUT2D eigenvalue weighted by atomic mass is 9.81. The van der Waals surface area contributed by atoms with Gasteiger partial charge in [0.2, 0.25) is 5.92 Å². The second-order valence-electron chi connectivity index (χ2n) is 4.95. The van der Waals surface area contributed by atoms with Crippen LogP contribution in [0.5, 0.6) is 5.75 Å². The van der Waals surface area contributed by atoms with Crippen molar-refractivity contribution in [3.63, 3.8) is 0 Å². The number of rotatable bonds is 3. The fraction of sp³-hybridized carbons (Fsp3) is 0.462. The quantitative estimate of drug-likeness (QED) is 0.860. The van der Waals surface area contributed by atoms with Gasteiger partial charge in [-0.25, -0.2) is 8.78 Å². The molecule has 102 valence electrons. The van der Waals surface area contributed by atoms with Crippen LogP contribution in [-0.4, -0.2) is 17.8 Å². The predicted molar refractivity (Wildman–Crippen MR) is 64.7 cm³/mol. The van der Waals surface area contributed by atoms with Crippen LogP contribution in [0.2, 0.25) is 0 Å². The van der Waals surface area contributed by atoms with Gasteiger partial charge in [-0.05, 0) is 18.1 Å². The molecule has 1 aliphatic carbocycles. The lowest BCUT2D eigenvalue weighted by Crippen LogP contribution is -2.38. The molecule has 0 radical (unpaired) electrons. The summed E-state index contributed by atoms with van der Waals surface area (Å²) in [6.07, 6.45) is -0.361. The molecule has 1 heterocycles. The summed E-state index contributed by atoms with van der Waals surface area (Å²) in [5.41, 5.74) is 0.128. The van der Waals surface area contributed by atoms with E-state index in [0.29, 0.717) is 16.7 Å². The van der Waals surface area contributed by atoms with Crippen molar-refractivity contribution in [3.05, 3.63) is 28.6 Å². The summed E-state index contributed by atoms with van der Waals surface area (Å²) in [6.45, 7) is 0.200. The van der Waals surface area contributed by atoms with Gasteiger partial charge in [0.1, 0.15) is 5.75 Å². The van der Waals surface area contributed by atoms with Crippen molar-refractivity contribution in [3.8, 4) is 5.75 Å². The van der Waals surface area contributed by atoms with Gasteiger partial charge >= 0.3 is 0 Å². The first kappa shape index (κ1) is 12.2. The van der Waals surface area contributed by atoms with Gasteiger partial charge in [-0.1, -0.05) is 0 Å². The summed E-state index contributed by atoms with van der Waals surface area (Å²) in [5.74, 6) is -2.19. The van der Waals surface area contributed by atoms with E-state index in [1.807, 2.05) is 0 Å². The Bertz CT molecular complexity index is 666. The van der Waals surface area contributed by atoms with Crippen molar-refractivity contribution >= 4 is 11.0 Å². The predicted octanol–water partition coefficient (Wildman–Crippen LogP) is 2.65. The van der Waals surface area contributed by atoms with E-state index in [2.05, 4.69) is 0 Å². The summed E-state index contributed by atoms with van der Waals surface area (Å²) in [5, 5.41) is 0.437. The molecule has 2 aromatic rings. The maximum Gasteiger partial charge on any atom is 0.290 e. The van der Waals surface area contributed by atoms with Crippen LogP contribution in [-0.2, 0) is 6.54 Å². The van der Waals surface area contributed by atoms with Gasteiger partial charge in [-0.15, -0.1) is 0 Å². The lowest BCUT2D eigenvalue weighted by Gasteiger charge is -2.34. The minimum Gasteiger partial charge on any atom is -0.497 e. The monoisotopic (exact) mass is 269 g/mol. The van der Waals surface area contributed by atoms with Crippen LogP contribution in [0.3, 0.4) is 0 Å². The molecule has 3 rings (SSSR count). The second kappa shape index (κ2) is 4.08. The van der Waals surface area contributed by atoms with Crippen LogP contribution in [0.4, 0.5) is 8.78 Å². The summed E-state index contributed by atoms with van der Waals surface area (Å²) >= 11 is 0. The molecule has 1 saturated carbocycles. The van der Waals surface area contributed by atoms with Crippen LogP contribution in [0.15, 0.2) is 27.5 Å². The highest BCUT2D eigenvalue weighted by atomic mass is 19.3. The molecule has 0 spiro atoms. The number of aromatic nitrogens is 1. The minimum absolute atomic E-state index is 0.181. The number of methoxy groups -OCH3 is 1. The summed E-state index contributed by atoms with van der Waals surface area (Å²) < 4.78 is 37.1. The molecule has 0 aliphatic heterocycles. The molecule has 0 N–H and O–H groups in total. The van der Waals surface area contributed by atoms with Crippen LogP contribution in [0, 0.1) is 5.92 Å². The van der Waals surface area contributed by atoms with Crippen LogP contribution < -0.4 is 10.3 Å². The first-order valence-corrected chi connectivity index (χ1v) is 6.04. The fourth-order valence-corrected chi connectivity index (χ4v) is 2.45. The Morgan fingerprint density at radius 3 is 2.84 bits per heavy atom. The molecule has 1 aliphatic rings. The number of fused-ring (bicyclic) bond motifs is 1. The zero-order valence-electron chi connectivity index (χ0n) is 10.4. The van der Waals surface area contributed by atoms with E-state index in [9.17, 15) is 13.6 Å². The average Bonchev–Trinajstić information content (AvgIpc) is 2.63. The van der Waals surface area contributed by atoms with Crippen molar-refractivity contribution in [2.75, 3.05) is 7.11 Å². The molecule has 6 heteroatoms. The van der Waals surface area contributed by atoms with Crippen LogP contribution >= 0.6 is 0 Å². The van der Waals surface area contributed by atoms with Crippen molar-refractivity contribution in [1.29, 1.82) is 0 Å². The number of ether oxygens (including phenoxy) is 1. The third kappa shape index (κ3) is 2.11. The van der Waals surface area contributed by atoms with Gasteiger partial charge in [0.05, 0.1) is 19.0 Å². The van der Waals surface area contributed by atoms with Crippen molar-refractivity contribution in [2.24, 2.45) is 5.92 Å². The lowest BCUT2D eigenvalue weighted by molar-refractivity contribution is -0.117. The van der Waals surface area contributed by atoms with Crippen molar-refractivity contribution < 1.29 is 18.0 Å². The first-order chi connectivity index (χ1) is 8.98. The normalized spacial score (nSPS) is 18.5. The highest BCUT2D eigenvalue weighted by Gasteiger charge is 2.45. The Morgan fingerprint density at radius 1 is 1.47 bits per heavy atom. The maximum absolute atomic E-state index is 12.8. The number of hydrogen-bond acceptors (Lipinski definition) is 3. The van der Waals surface area contributed by atoms with Gasteiger partial charge in [-0.2, -0.15) is 4.74 Å². The van der Waals surface area contributed by atoms with Crippen molar-refractivity contribution in [2.45, 2.75) is 25.3 Å². The largest absolute Gasteiger partial charge is 0.497 e. The SMILES string of the molecule is COc1ccc2c(=O)n(CC3CC(F)(F)C3)oc2c1. The zero-order chi connectivity index (χ0) is 13.6. The Balaban J connectivity index is 1.88. The molecular formula is C13H13F2NO3. The van der Waals surface area contributed by atoms with Gasteiger partial charge in [0.25, 0.3) is 5.56 Å². The van der Waals surface area contributed by atoms with Gasteiger partial charge in [0.15, 0.2) is 5.58 Å². The highest BCUT2D eigenvalue weighted by molar-refractivity contribution is 5.77. The van der Waals surface area contributed by atoms with E-state index in [1.165, 1.54) is 7.11 Å². The maximum atomic E-state index is 12.8. The van der Waals surface area contributed by atoms with E-state index < -0.39 is 5.92 Å². The summed E-state index contributed by atoms with van der Waals surface area (Å²) in [6, 6.07) is 4.90. The number of nitrogens with zero attached hydrogens (tertiary/aromatic N) is 1. The summed E-state index contributed by atoms with van der Waals surface area (Å²) in [4.78, 5) is 12.0. The molecule has 0 amide bonds. The highest BCUT2D eigenvalue weighted by Crippen LogP contribution is 2.43. The molecular weight excluding hydrogens is 256 g/mol. The average molecular weight is 269 g/mol. The number of halogens is 2. The molecule has 0 unspecified atom stereocenters. The summed E-state index contributed by atoms with van der Waals surface area (Å²) in [7, 11) is 1.52. The van der Waals surface area contributed by atoms with Gasteiger partial charge in [-0.3, -0.25) is 4.79 Å². The van der Waals surface area contributed by atoms with Gasteiger partial charge in [0, 0.05) is 18.9 Å². The molecule has 1 aromatic heterocycles. The number of hydrogen-bond donors (Lipinski definition) is 0. The van der Waals surface area contributed by atoms with Crippen LogP contribution in [0.25, 0.3) is 11.0 Å². The number of benzene rings is 1.